The van der Waals surface area contributed by atoms with Crippen LogP contribution >= 0.6 is 15.9 Å². The summed E-state index contributed by atoms with van der Waals surface area (Å²) >= 11 is 3.20. The normalized spacial score (nSPS) is 13.2. The first-order valence-corrected chi connectivity index (χ1v) is 4.59. The van der Waals surface area contributed by atoms with E-state index in [-0.39, 0.29) is 16.8 Å². The second-order valence-corrected chi connectivity index (χ2v) is 3.61. The average molecular weight is 224 g/mol. The lowest BCUT2D eigenvalue weighted by atomic mass is 10.3. The van der Waals surface area contributed by atoms with Crippen molar-refractivity contribution in [3.05, 3.63) is 0 Å². The molecule has 0 radical (unpaired) electrons. The molecule has 4 heteroatoms. The van der Waals surface area contributed by atoms with Crippen molar-refractivity contribution in [2.45, 2.75) is 38.1 Å². The van der Waals surface area contributed by atoms with E-state index in [0.29, 0.717) is 0 Å². The van der Waals surface area contributed by atoms with Crippen LogP contribution in [-0.2, 0) is 9.63 Å². The smallest absolute Gasteiger partial charge is 0.257 e. The highest BCUT2D eigenvalue weighted by Gasteiger charge is 2.11. The van der Waals surface area contributed by atoms with Crippen LogP contribution in [0.15, 0.2) is 0 Å². The minimum absolute atomic E-state index is 0.0236. The first-order chi connectivity index (χ1) is 5.07. The number of halogens is 1. The third-order valence-electron chi connectivity index (χ3n) is 1.04. The minimum Gasteiger partial charge on any atom is -0.272 e. The third-order valence-corrected chi connectivity index (χ3v) is 2.10. The number of nitrogens with one attached hydrogen (secondary N) is 1. The number of carbonyl (C=O) groups excluding carboxylic acids is 1. The molecule has 0 aliphatic rings. The Morgan fingerprint density at radius 1 is 1.64 bits per heavy atom. The molecule has 0 rings (SSSR count). The van der Waals surface area contributed by atoms with Gasteiger partial charge in [-0.2, -0.15) is 0 Å². The zero-order valence-electron chi connectivity index (χ0n) is 7.06. The van der Waals surface area contributed by atoms with Gasteiger partial charge < -0.3 is 0 Å². The summed E-state index contributed by atoms with van der Waals surface area (Å²) in [6.45, 7) is 5.64. The maximum Gasteiger partial charge on any atom is 0.257 e. The van der Waals surface area contributed by atoms with Gasteiger partial charge in [-0.25, -0.2) is 5.48 Å². The molecule has 0 bridgehead atoms. The van der Waals surface area contributed by atoms with Crippen LogP contribution in [0.3, 0.4) is 0 Å². The predicted molar refractivity (Wildman–Crippen MR) is 47.4 cm³/mol. The van der Waals surface area contributed by atoms with Gasteiger partial charge in [-0.3, -0.25) is 9.63 Å². The third kappa shape index (κ3) is 5.21. The van der Waals surface area contributed by atoms with E-state index in [1.165, 1.54) is 0 Å². The van der Waals surface area contributed by atoms with Crippen LogP contribution < -0.4 is 5.48 Å². The summed E-state index contributed by atoms with van der Waals surface area (Å²) in [5, 5.41) is 0. The molecule has 11 heavy (non-hydrogen) atoms. The lowest BCUT2D eigenvalue weighted by molar-refractivity contribution is -0.136. The van der Waals surface area contributed by atoms with Gasteiger partial charge in [0.05, 0.1) is 10.9 Å². The van der Waals surface area contributed by atoms with Crippen LogP contribution in [-0.4, -0.2) is 16.8 Å². The molecule has 0 heterocycles. The van der Waals surface area contributed by atoms with Gasteiger partial charge in [-0.1, -0.05) is 22.9 Å². The second kappa shape index (κ2) is 5.55. The maximum atomic E-state index is 11.0. The summed E-state index contributed by atoms with van der Waals surface area (Å²) < 4.78 is 0. The largest absolute Gasteiger partial charge is 0.272 e. The van der Waals surface area contributed by atoms with Crippen molar-refractivity contribution in [2.75, 3.05) is 0 Å². The Bertz CT molecular complexity index is 128. The summed E-state index contributed by atoms with van der Waals surface area (Å²) in [4.78, 5) is 15.7. The van der Waals surface area contributed by atoms with Gasteiger partial charge in [0.2, 0.25) is 0 Å². The number of rotatable bonds is 4. The topological polar surface area (TPSA) is 38.3 Å². The Kier molecular flexibility index (Phi) is 5.50. The van der Waals surface area contributed by atoms with Gasteiger partial charge in [0, 0.05) is 0 Å². The van der Waals surface area contributed by atoms with E-state index in [1.807, 2.05) is 20.8 Å². The number of carbonyl (C=O) groups is 1. The fourth-order valence-electron chi connectivity index (χ4n) is 0.425. The summed E-state index contributed by atoms with van der Waals surface area (Å²) in [5.41, 5.74) is 2.35. The molecule has 66 valence electrons. The van der Waals surface area contributed by atoms with Crippen molar-refractivity contribution in [1.29, 1.82) is 0 Å². The fraction of sp³-hybridized carbons (Fsp3) is 0.857. The minimum atomic E-state index is -0.152. The Hall–Kier alpha value is -0.0900. The number of hydrogen-bond donors (Lipinski definition) is 1. The molecule has 0 aliphatic carbocycles. The summed E-state index contributed by atoms with van der Waals surface area (Å²) in [6, 6.07) is 0. The Balaban J connectivity index is 3.52. The zero-order valence-corrected chi connectivity index (χ0v) is 8.64. The van der Waals surface area contributed by atoms with E-state index < -0.39 is 0 Å². The van der Waals surface area contributed by atoms with Crippen molar-refractivity contribution >= 4 is 21.8 Å². The van der Waals surface area contributed by atoms with E-state index >= 15 is 0 Å². The number of alkyl halides is 1. The van der Waals surface area contributed by atoms with Crippen LogP contribution in [0.25, 0.3) is 0 Å². The molecular weight excluding hydrogens is 210 g/mol. The molecule has 0 spiro atoms. The molecule has 3 nitrogen and oxygen atoms in total. The molecule has 1 amide bonds. The fourth-order valence-corrected chi connectivity index (χ4v) is 0.519. The van der Waals surface area contributed by atoms with Crippen LogP contribution in [0.2, 0.25) is 0 Å². The van der Waals surface area contributed by atoms with Crippen molar-refractivity contribution in [3.63, 3.8) is 0 Å². The molecule has 1 unspecified atom stereocenters. The van der Waals surface area contributed by atoms with Gasteiger partial charge in [-0.15, -0.1) is 0 Å². The van der Waals surface area contributed by atoms with Gasteiger partial charge in [0.1, 0.15) is 0 Å². The first-order valence-electron chi connectivity index (χ1n) is 3.67. The average Bonchev–Trinajstić information content (AvgIpc) is 1.98. The van der Waals surface area contributed by atoms with Crippen molar-refractivity contribution in [3.8, 4) is 0 Å². The van der Waals surface area contributed by atoms with Gasteiger partial charge in [0.15, 0.2) is 0 Å². The Morgan fingerprint density at radius 2 is 2.18 bits per heavy atom. The van der Waals surface area contributed by atoms with Gasteiger partial charge in [0.25, 0.3) is 5.91 Å². The number of amides is 1. The molecule has 0 saturated carbocycles. The van der Waals surface area contributed by atoms with E-state index in [2.05, 4.69) is 21.4 Å². The molecule has 0 aliphatic heterocycles. The van der Waals surface area contributed by atoms with E-state index in [0.717, 1.165) is 6.42 Å². The molecule has 0 aromatic heterocycles. The monoisotopic (exact) mass is 223 g/mol. The molecule has 0 saturated heterocycles. The second-order valence-electron chi connectivity index (χ2n) is 2.51. The highest BCUT2D eigenvalue weighted by Crippen LogP contribution is 2.03. The summed E-state index contributed by atoms with van der Waals surface area (Å²) in [6.07, 6.45) is 0.781. The molecule has 0 aromatic rings. The lowest BCUT2D eigenvalue weighted by Crippen LogP contribution is -2.32. The van der Waals surface area contributed by atoms with Crippen molar-refractivity contribution in [2.24, 2.45) is 0 Å². The molecule has 0 aromatic carbocycles. The maximum absolute atomic E-state index is 11.0. The lowest BCUT2D eigenvalue weighted by Gasteiger charge is -2.10. The van der Waals surface area contributed by atoms with E-state index in [4.69, 9.17) is 4.84 Å². The van der Waals surface area contributed by atoms with Crippen molar-refractivity contribution < 1.29 is 9.63 Å². The van der Waals surface area contributed by atoms with Gasteiger partial charge >= 0.3 is 0 Å². The summed E-state index contributed by atoms with van der Waals surface area (Å²) in [5.74, 6) is -0.124. The summed E-state index contributed by atoms with van der Waals surface area (Å²) in [7, 11) is 0. The van der Waals surface area contributed by atoms with E-state index in [9.17, 15) is 4.79 Å². The SMILES string of the molecule is CCC(Br)C(=O)NOC(C)C. The van der Waals surface area contributed by atoms with Crippen LogP contribution in [0.4, 0.5) is 0 Å². The van der Waals surface area contributed by atoms with E-state index in [1.54, 1.807) is 0 Å². The zero-order chi connectivity index (χ0) is 8.85. The number of hydrogen-bond acceptors (Lipinski definition) is 2. The molecular formula is C7H14BrNO2. The molecule has 0 fully saturated rings. The highest BCUT2D eigenvalue weighted by molar-refractivity contribution is 9.10. The first kappa shape index (κ1) is 10.9. The highest BCUT2D eigenvalue weighted by atomic mass is 79.9. The predicted octanol–water partition coefficient (Wildman–Crippen LogP) is 1.62. The number of hydroxylamine groups is 1. The van der Waals surface area contributed by atoms with Gasteiger partial charge in [-0.05, 0) is 20.3 Å². The molecule has 1 N–H and O–H groups in total. The van der Waals surface area contributed by atoms with Crippen LogP contribution in [0, 0.1) is 0 Å². The quantitative estimate of drug-likeness (QED) is 0.582. The Labute approximate surface area is 75.6 Å². The Morgan fingerprint density at radius 3 is 2.55 bits per heavy atom. The van der Waals surface area contributed by atoms with Crippen LogP contribution in [0.5, 0.6) is 0 Å². The standard InChI is InChI=1S/C7H14BrNO2/c1-4-6(8)7(10)9-11-5(2)3/h5-6H,4H2,1-3H3,(H,9,10). The van der Waals surface area contributed by atoms with Crippen LogP contribution in [0.1, 0.15) is 27.2 Å². The molecule has 1 atom stereocenters. The van der Waals surface area contributed by atoms with Crippen molar-refractivity contribution in [1.82, 2.24) is 5.48 Å².